The van der Waals surface area contributed by atoms with Gasteiger partial charge in [0.15, 0.2) is 23.0 Å². The van der Waals surface area contributed by atoms with E-state index in [1.54, 1.807) is 21.3 Å². The van der Waals surface area contributed by atoms with Gasteiger partial charge in [-0.05, 0) is 60.6 Å². The van der Waals surface area contributed by atoms with E-state index in [-0.39, 0.29) is 17.9 Å². The number of fused-ring (bicyclic) bond motifs is 4. The summed E-state index contributed by atoms with van der Waals surface area (Å²) in [7, 11) is 4.99. The van der Waals surface area contributed by atoms with Gasteiger partial charge in [-0.3, -0.25) is 9.69 Å². The van der Waals surface area contributed by atoms with Crippen LogP contribution < -0.4 is 18.9 Å². The molecule has 1 unspecified atom stereocenters. The van der Waals surface area contributed by atoms with Crippen LogP contribution in [0.4, 0.5) is 0 Å². The summed E-state index contributed by atoms with van der Waals surface area (Å²) in [6, 6.07) is 8.54. The third kappa shape index (κ3) is 4.61. The Hall–Kier alpha value is -2.73. The van der Waals surface area contributed by atoms with Crippen molar-refractivity contribution in [3.63, 3.8) is 0 Å². The summed E-state index contributed by atoms with van der Waals surface area (Å²) in [5, 5.41) is 0. The normalized spacial score (nSPS) is 16.9. The van der Waals surface area contributed by atoms with Crippen molar-refractivity contribution in [2.45, 2.75) is 65.0 Å². The standard InChI is InChI=1S/C28H37NO5/c1-6-8-18(9-7-2)28(30)34-27-22-17-29-13-12-20-15-25(32-4)26(33-5)16-21(20)23(29)14-19(22)10-11-24(27)31-3/h10-11,15-16,18,23H,6-9,12-14,17H2,1-5H3. The van der Waals surface area contributed by atoms with Gasteiger partial charge < -0.3 is 18.9 Å². The molecule has 0 radical (unpaired) electrons. The highest BCUT2D eigenvalue weighted by Gasteiger charge is 2.36. The number of esters is 1. The third-order valence-electron chi connectivity index (χ3n) is 7.24. The second-order valence-electron chi connectivity index (χ2n) is 9.28. The molecule has 2 heterocycles. The molecule has 0 fully saturated rings. The van der Waals surface area contributed by atoms with Gasteiger partial charge in [0, 0.05) is 24.7 Å². The summed E-state index contributed by atoms with van der Waals surface area (Å²) in [5.41, 5.74) is 4.87. The number of hydrogen-bond donors (Lipinski definition) is 0. The van der Waals surface area contributed by atoms with Gasteiger partial charge >= 0.3 is 5.97 Å². The lowest BCUT2D eigenvalue weighted by Gasteiger charge is -2.42. The van der Waals surface area contributed by atoms with E-state index in [0.29, 0.717) is 11.5 Å². The number of ether oxygens (including phenoxy) is 4. The lowest BCUT2D eigenvalue weighted by atomic mass is 9.83. The van der Waals surface area contributed by atoms with Gasteiger partial charge in [-0.2, -0.15) is 0 Å². The largest absolute Gasteiger partial charge is 0.493 e. The quantitative estimate of drug-likeness (QED) is 0.359. The van der Waals surface area contributed by atoms with Gasteiger partial charge in [-0.15, -0.1) is 0 Å². The molecule has 0 aromatic heterocycles. The predicted molar refractivity (Wildman–Crippen MR) is 132 cm³/mol. The molecule has 0 saturated heterocycles. The lowest BCUT2D eigenvalue weighted by Crippen LogP contribution is -2.39. The molecule has 0 bridgehead atoms. The number of carbonyl (C=O) groups is 1. The van der Waals surface area contributed by atoms with Crippen LogP contribution >= 0.6 is 0 Å². The highest BCUT2D eigenvalue weighted by atomic mass is 16.6. The monoisotopic (exact) mass is 467 g/mol. The number of methoxy groups -OCH3 is 3. The Morgan fingerprint density at radius 1 is 0.971 bits per heavy atom. The van der Waals surface area contributed by atoms with Crippen LogP contribution in [0, 0.1) is 5.92 Å². The van der Waals surface area contributed by atoms with Crippen molar-refractivity contribution >= 4 is 5.97 Å². The molecule has 0 amide bonds. The van der Waals surface area contributed by atoms with Crippen LogP contribution in [0.15, 0.2) is 24.3 Å². The summed E-state index contributed by atoms with van der Waals surface area (Å²) in [5.74, 6) is 2.55. The predicted octanol–water partition coefficient (Wildman–Crippen LogP) is 5.49. The molecule has 2 aromatic carbocycles. The van der Waals surface area contributed by atoms with Crippen LogP contribution in [0.3, 0.4) is 0 Å². The van der Waals surface area contributed by atoms with Crippen LogP contribution in [-0.4, -0.2) is 38.7 Å². The second kappa shape index (κ2) is 10.7. The minimum atomic E-state index is -0.140. The van der Waals surface area contributed by atoms with E-state index in [1.807, 2.05) is 6.07 Å². The first kappa shape index (κ1) is 24.4. The fourth-order valence-electron chi connectivity index (χ4n) is 5.47. The summed E-state index contributed by atoms with van der Waals surface area (Å²) < 4.78 is 22.8. The highest BCUT2D eigenvalue weighted by Crippen LogP contribution is 2.46. The molecule has 2 aliphatic heterocycles. The molecule has 1 atom stereocenters. The van der Waals surface area contributed by atoms with E-state index in [4.69, 9.17) is 18.9 Å². The Morgan fingerprint density at radius 3 is 2.29 bits per heavy atom. The Morgan fingerprint density at radius 2 is 1.65 bits per heavy atom. The lowest BCUT2D eigenvalue weighted by molar-refractivity contribution is -0.139. The van der Waals surface area contributed by atoms with Gasteiger partial charge in [0.2, 0.25) is 0 Å². The molecule has 6 heteroatoms. The van der Waals surface area contributed by atoms with Crippen molar-refractivity contribution in [2.75, 3.05) is 27.9 Å². The molecule has 6 nitrogen and oxygen atoms in total. The maximum absolute atomic E-state index is 13.1. The number of rotatable bonds is 9. The van der Waals surface area contributed by atoms with E-state index in [2.05, 4.69) is 36.9 Å². The zero-order chi connectivity index (χ0) is 24.2. The first-order chi connectivity index (χ1) is 16.5. The van der Waals surface area contributed by atoms with Gasteiger partial charge in [-0.25, -0.2) is 0 Å². The van der Waals surface area contributed by atoms with E-state index in [1.165, 1.54) is 16.7 Å². The van der Waals surface area contributed by atoms with Crippen LogP contribution in [0.1, 0.15) is 67.8 Å². The molecule has 34 heavy (non-hydrogen) atoms. The zero-order valence-electron chi connectivity index (χ0n) is 21.1. The van der Waals surface area contributed by atoms with E-state index < -0.39 is 0 Å². The Balaban J connectivity index is 1.67. The molecule has 0 aliphatic carbocycles. The Labute approximate surface area is 203 Å². The summed E-state index contributed by atoms with van der Waals surface area (Å²) in [6.07, 6.45) is 5.41. The number of hydrogen-bond acceptors (Lipinski definition) is 6. The van der Waals surface area contributed by atoms with Crippen molar-refractivity contribution in [1.29, 1.82) is 0 Å². The topological polar surface area (TPSA) is 57.2 Å². The van der Waals surface area contributed by atoms with Crippen molar-refractivity contribution in [3.8, 4) is 23.0 Å². The number of nitrogens with zero attached hydrogens (tertiary/aromatic N) is 1. The molecule has 2 aromatic rings. The van der Waals surface area contributed by atoms with Crippen molar-refractivity contribution in [3.05, 3.63) is 46.5 Å². The summed E-state index contributed by atoms with van der Waals surface area (Å²) in [4.78, 5) is 15.6. The second-order valence-corrected chi connectivity index (χ2v) is 9.28. The van der Waals surface area contributed by atoms with Crippen LogP contribution in [0.25, 0.3) is 0 Å². The Kier molecular flexibility index (Phi) is 7.67. The van der Waals surface area contributed by atoms with Gasteiger partial charge in [0.25, 0.3) is 0 Å². The fourth-order valence-corrected chi connectivity index (χ4v) is 5.47. The number of benzene rings is 2. The minimum Gasteiger partial charge on any atom is -0.493 e. The van der Waals surface area contributed by atoms with E-state index in [0.717, 1.165) is 68.7 Å². The number of carbonyl (C=O) groups excluding carboxylic acids is 1. The van der Waals surface area contributed by atoms with Crippen LogP contribution in [0.5, 0.6) is 23.0 Å². The fraction of sp³-hybridized carbons (Fsp3) is 0.536. The average Bonchev–Trinajstić information content (AvgIpc) is 2.86. The minimum absolute atomic E-state index is 0.0730. The van der Waals surface area contributed by atoms with Gasteiger partial charge in [0.1, 0.15) is 0 Å². The molecule has 0 saturated carbocycles. The molecule has 2 aliphatic rings. The highest BCUT2D eigenvalue weighted by molar-refractivity contribution is 5.76. The van der Waals surface area contributed by atoms with Gasteiger partial charge in [-0.1, -0.05) is 32.8 Å². The van der Waals surface area contributed by atoms with Crippen LogP contribution in [0.2, 0.25) is 0 Å². The zero-order valence-corrected chi connectivity index (χ0v) is 21.1. The van der Waals surface area contributed by atoms with Crippen molar-refractivity contribution in [1.82, 2.24) is 4.90 Å². The molecule has 4 rings (SSSR count). The first-order valence-electron chi connectivity index (χ1n) is 12.4. The summed E-state index contributed by atoms with van der Waals surface area (Å²) in [6.45, 7) is 5.88. The maximum atomic E-state index is 13.1. The first-order valence-corrected chi connectivity index (χ1v) is 12.4. The molecule has 184 valence electrons. The molecular formula is C28H37NO5. The molecule has 0 N–H and O–H groups in total. The van der Waals surface area contributed by atoms with E-state index >= 15 is 0 Å². The van der Waals surface area contributed by atoms with E-state index in [9.17, 15) is 4.79 Å². The third-order valence-corrected chi connectivity index (χ3v) is 7.24. The van der Waals surface area contributed by atoms with Crippen LogP contribution in [-0.2, 0) is 24.2 Å². The van der Waals surface area contributed by atoms with Crippen molar-refractivity contribution in [2.24, 2.45) is 5.92 Å². The summed E-state index contributed by atoms with van der Waals surface area (Å²) >= 11 is 0. The Bertz CT molecular complexity index is 1030. The van der Waals surface area contributed by atoms with Gasteiger partial charge in [0.05, 0.1) is 27.2 Å². The average molecular weight is 468 g/mol. The smallest absolute Gasteiger partial charge is 0.314 e. The SMILES string of the molecule is CCCC(CCC)C(=O)Oc1c(OC)ccc2c1CN1CCc3cc(OC)c(OC)cc3C1C2. The molecular weight excluding hydrogens is 430 g/mol. The maximum Gasteiger partial charge on any atom is 0.314 e. The van der Waals surface area contributed by atoms with Crippen molar-refractivity contribution < 1.29 is 23.7 Å². The molecule has 0 spiro atoms.